The Bertz CT molecular complexity index is 295. The fourth-order valence-corrected chi connectivity index (χ4v) is 2.25. The van der Waals surface area contributed by atoms with Crippen molar-refractivity contribution in [1.29, 1.82) is 0 Å². The van der Waals surface area contributed by atoms with E-state index in [1.165, 1.54) is 18.5 Å². The highest BCUT2D eigenvalue weighted by molar-refractivity contribution is 5.19. The molecule has 15 heavy (non-hydrogen) atoms. The van der Waals surface area contributed by atoms with Crippen LogP contribution in [0.15, 0.2) is 30.3 Å². The van der Waals surface area contributed by atoms with Crippen LogP contribution in [0.3, 0.4) is 0 Å². The maximum Gasteiger partial charge on any atom is 0.0863 e. The summed E-state index contributed by atoms with van der Waals surface area (Å²) in [6.45, 7) is 6.86. The van der Waals surface area contributed by atoms with Gasteiger partial charge in [0.1, 0.15) is 0 Å². The molecular weight excluding hydrogens is 184 g/mol. The van der Waals surface area contributed by atoms with Crippen molar-refractivity contribution in [1.82, 2.24) is 10.2 Å². The van der Waals surface area contributed by atoms with E-state index < -0.39 is 0 Å². The summed E-state index contributed by atoms with van der Waals surface area (Å²) in [5.41, 5.74) is 1.38. The molecule has 0 saturated carbocycles. The molecule has 2 heteroatoms. The third kappa shape index (κ3) is 2.39. The van der Waals surface area contributed by atoms with Gasteiger partial charge in [0.2, 0.25) is 0 Å². The van der Waals surface area contributed by atoms with Crippen molar-refractivity contribution in [3.8, 4) is 0 Å². The van der Waals surface area contributed by atoms with E-state index in [1.54, 1.807) is 0 Å². The molecular formula is C13H20N2. The molecule has 0 aromatic heterocycles. The highest BCUT2D eigenvalue weighted by atomic mass is 15.3. The summed E-state index contributed by atoms with van der Waals surface area (Å²) in [6.07, 6.45) is 1.65. The monoisotopic (exact) mass is 204 g/mol. The molecule has 2 nitrogen and oxygen atoms in total. The summed E-state index contributed by atoms with van der Waals surface area (Å²) in [7, 11) is 0. The van der Waals surface area contributed by atoms with Gasteiger partial charge in [-0.25, -0.2) is 0 Å². The van der Waals surface area contributed by atoms with Gasteiger partial charge < -0.3 is 0 Å². The number of hydrogen-bond donors (Lipinski definition) is 1. The zero-order valence-corrected chi connectivity index (χ0v) is 9.61. The predicted octanol–water partition coefficient (Wildman–Crippen LogP) is 2.39. The van der Waals surface area contributed by atoms with Crippen molar-refractivity contribution in [3.63, 3.8) is 0 Å². The smallest absolute Gasteiger partial charge is 0.0863 e. The van der Waals surface area contributed by atoms with Gasteiger partial charge in [-0.1, -0.05) is 30.3 Å². The van der Waals surface area contributed by atoms with Crippen molar-refractivity contribution in [2.75, 3.05) is 13.1 Å². The average Bonchev–Trinajstić information content (AvgIpc) is 2.30. The highest BCUT2D eigenvalue weighted by Gasteiger charge is 2.24. The van der Waals surface area contributed by atoms with Crippen LogP contribution in [0, 0.1) is 0 Å². The molecule has 0 bridgehead atoms. The quantitative estimate of drug-likeness (QED) is 0.795. The van der Waals surface area contributed by atoms with E-state index in [0.29, 0.717) is 12.2 Å². The van der Waals surface area contributed by atoms with E-state index in [4.69, 9.17) is 0 Å². The van der Waals surface area contributed by atoms with Crippen molar-refractivity contribution in [2.45, 2.75) is 32.5 Å². The Morgan fingerprint density at radius 3 is 2.67 bits per heavy atom. The molecule has 1 N–H and O–H groups in total. The standard InChI is InChI=1S/C13H20N2/c1-11(2)15-10-6-9-14-13(15)12-7-4-3-5-8-12/h3-5,7-8,11,13-14H,6,9-10H2,1-2H3. The molecule has 1 aromatic rings. The van der Waals surface area contributed by atoms with E-state index >= 15 is 0 Å². The van der Waals surface area contributed by atoms with Crippen LogP contribution in [-0.2, 0) is 0 Å². The summed E-state index contributed by atoms with van der Waals surface area (Å²) < 4.78 is 0. The Morgan fingerprint density at radius 2 is 2.00 bits per heavy atom. The van der Waals surface area contributed by atoms with Crippen LogP contribution < -0.4 is 5.32 Å². The Labute approximate surface area is 92.3 Å². The van der Waals surface area contributed by atoms with Crippen molar-refractivity contribution in [2.24, 2.45) is 0 Å². The van der Waals surface area contributed by atoms with Gasteiger partial charge in [0.05, 0.1) is 6.17 Å². The average molecular weight is 204 g/mol. The number of nitrogens with one attached hydrogen (secondary N) is 1. The van der Waals surface area contributed by atoms with Crippen LogP contribution in [0.5, 0.6) is 0 Å². The molecule has 1 saturated heterocycles. The van der Waals surface area contributed by atoms with E-state index in [2.05, 4.69) is 54.4 Å². The molecule has 1 aliphatic rings. The molecule has 0 aliphatic carbocycles. The first kappa shape index (κ1) is 10.7. The molecule has 0 radical (unpaired) electrons. The number of rotatable bonds is 2. The van der Waals surface area contributed by atoms with Gasteiger partial charge in [-0.2, -0.15) is 0 Å². The van der Waals surface area contributed by atoms with Crippen molar-refractivity contribution in [3.05, 3.63) is 35.9 Å². The molecule has 1 aromatic carbocycles. The van der Waals surface area contributed by atoms with Gasteiger partial charge in [-0.3, -0.25) is 10.2 Å². The van der Waals surface area contributed by atoms with Crippen LogP contribution in [-0.4, -0.2) is 24.0 Å². The molecule has 1 unspecified atom stereocenters. The van der Waals surface area contributed by atoms with Gasteiger partial charge in [0.25, 0.3) is 0 Å². The lowest BCUT2D eigenvalue weighted by Gasteiger charge is -2.39. The van der Waals surface area contributed by atoms with Crippen molar-refractivity contribution >= 4 is 0 Å². The molecule has 0 spiro atoms. The lowest BCUT2D eigenvalue weighted by Crippen LogP contribution is -2.47. The van der Waals surface area contributed by atoms with Crippen LogP contribution in [0.25, 0.3) is 0 Å². The molecule has 0 amide bonds. The molecule has 1 aliphatic heterocycles. The SMILES string of the molecule is CC(C)N1CCCNC1c1ccccc1. The van der Waals surface area contributed by atoms with Gasteiger partial charge in [-0.15, -0.1) is 0 Å². The first-order valence-corrected chi connectivity index (χ1v) is 5.83. The molecule has 1 atom stereocenters. The van der Waals surface area contributed by atoms with E-state index in [9.17, 15) is 0 Å². The van der Waals surface area contributed by atoms with Gasteiger partial charge in [0.15, 0.2) is 0 Å². The molecule has 2 rings (SSSR count). The maximum absolute atomic E-state index is 3.59. The lowest BCUT2D eigenvalue weighted by molar-refractivity contribution is 0.0964. The third-order valence-electron chi connectivity index (χ3n) is 3.04. The fraction of sp³-hybridized carbons (Fsp3) is 0.538. The van der Waals surface area contributed by atoms with Crippen LogP contribution in [0.4, 0.5) is 0 Å². The van der Waals surface area contributed by atoms with E-state index in [-0.39, 0.29) is 0 Å². The zero-order chi connectivity index (χ0) is 10.7. The summed E-state index contributed by atoms with van der Waals surface area (Å²) in [6, 6.07) is 11.3. The number of nitrogens with zero attached hydrogens (tertiary/aromatic N) is 1. The third-order valence-corrected chi connectivity index (χ3v) is 3.04. The lowest BCUT2D eigenvalue weighted by atomic mass is 10.1. The van der Waals surface area contributed by atoms with Gasteiger partial charge in [0, 0.05) is 12.6 Å². The molecule has 1 heterocycles. The highest BCUT2D eigenvalue weighted by Crippen LogP contribution is 2.22. The van der Waals surface area contributed by atoms with Crippen LogP contribution in [0.1, 0.15) is 32.0 Å². The first-order chi connectivity index (χ1) is 7.29. The maximum atomic E-state index is 3.59. The summed E-state index contributed by atoms with van der Waals surface area (Å²) in [5.74, 6) is 0. The normalized spacial score (nSPS) is 23.3. The second kappa shape index (κ2) is 4.77. The molecule has 82 valence electrons. The topological polar surface area (TPSA) is 15.3 Å². The minimum atomic E-state index is 0.403. The minimum absolute atomic E-state index is 0.403. The Balaban J connectivity index is 2.18. The fourth-order valence-electron chi connectivity index (χ4n) is 2.25. The largest absolute Gasteiger partial charge is 0.298 e. The van der Waals surface area contributed by atoms with Crippen molar-refractivity contribution < 1.29 is 0 Å². The van der Waals surface area contributed by atoms with Gasteiger partial charge >= 0.3 is 0 Å². The first-order valence-electron chi connectivity index (χ1n) is 5.83. The predicted molar refractivity (Wildman–Crippen MR) is 63.6 cm³/mol. The zero-order valence-electron chi connectivity index (χ0n) is 9.61. The number of hydrogen-bond acceptors (Lipinski definition) is 2. The van der Waals surface area contributed by atoms with E-state index in [1.807, 2.05) is 0 Å². The van der Waals surface area contributed by atoms with Crippen LogP contribution in [0.2, 0.25) is 0 Å². The summed E-state index contributed by atoms with van der Waals surface area (Å²) >= 11 is 0. The Hall–Kier alpha value is -0.860. The van der Waals surface area contributed by atoms with Crippen LogP contribution >= 0.6 is 0 Å². The minimum Gasteiger partial charge on any atom is -0.298 e. The second-order valence-electron chi connectivity index (χ2n) is 4.45. The van der Waals surface area contributed by atoms with E-state index in [0.717, 1.165) is 6.54 Å². The summed E-state index contributed by atoms with van der Waals surface area (Å²) in [5, 5.41) is 3.59. The Kier molecular flexibility index (Phi) is 3.39. The Morgan fingerprint density at radius 1 is 1.27 bits per heavy atom. The number of benzene rings is 1. The van der Waals surface area contributed by atoms with Gasteiger partial charge in [-0.05, 0) is 32.4 Å². The summed E-state index contributed by atoms with van der Waals surface area (Å²) in [4.78, 5) is 2.53. The molecule has 1 fully saturated rings. The second-order valence-corrected chi connectivity index (χ2v) is 4.45.